The van der Waals surface area contributed by atoms with Crippen LogP contribution in [0, 0.1) is 6.92 Å². The number of phenols is 2. The molecule has 14 heteroatoms. The lowest BCUT2D eigenvalue weighted by atomic mass is 10.1. The van der Waals surface area contributed by atoms with Gasteiger partial charge in [0.2, 0.25) is 5.91 Å². The normalized spacial score (nSPS) is 13.0. The van der Waals surface area contributed by atoms with Crippen LogP contribution in [-0.4, -0.2) is 92.0 Å². The molecule has 4 atom stereocenters. The minimum absolute atomic E-state index is 0. The van der Waals surface area contributed by atoms with E-state index in [0.29, 0.717) is 12.1 Å². The first-order chi connectivity index (χ1) is 18.3. The standard InChI is InChI=1S/C13H20N2O.C9H13NO3.C4H6O6.ClH/c1-4-9-14-11(3)13(16)15-12-8-6-5-7-10(12)2;1-10-5-9(13)6-2-3-7(11)8(12)4-6;5-1(3(7)8)2(6)4(9)10;/h5-8,11,14H,4,9H2,1-3H3,(H,15,16);2-4,9-13H,5H2,1H3;1-2,5-6H,(H,7,8)(H,9,10);1H/t;9-;1-,2-;/m.01./s1. The van der Waals surface area contributed by atoms with Gasteiger partial charge in [0.25, 0.3) is 0 Å². The van der Waals surface area contributed by atoms with Crippen LogP contribution < -0.4 is 16.0 Å². The molecule has 226 valence electrons. The van der Waals surface area contributed by atoms with Gasteiger partial charge >= 0.3 is 11.9 Å². The molecule has 0 saturated heterocycles. The summed E-state index contributed by atoms with van der Waals surface area (Å²) >= 11 is 0. The van der Waals surface area contributed by atoms with Crippen LogP contribution in [0.5, 0.6) is 11.5 Å². The number of amides is 1. The Kier molecular flexibility index (Phi) is 19.8. The smallest absolute Gasteiger partial charge is 0.335 e. The Morgan fingerprint density at radius 3 is 1.90 bits per heavy atom. The van der Waals surface area contributed by atoms with Crippen LogP contribution in [0.3, 0.4) is 0 Å². The maximum atomic E-state index is 11.8. The fourth-order valence-corrected chi connectivity index (χ4v) is 2.74. The second-order valence-electron chi connectivity index (χ2n) is 8.37. The molecule has 1 unspecified atom stereocenters. The molecule has 0 radical (unpaired) electrons. The van der Waals surface area contributed by atoms with Crippen molar-refractivity contribution in [2.45, 2.75) is 51.5 Å². The van der Waals surface area contributed by atoms with Crippen LogP contribution in [0.1, 0.15) is 37.5 Å². The molecular weight excluding hydrogens is 550 g/mol. The van der Waals surface area contributed by atoms with Gasteiger partial charge in [0, 0.05) is 12.2 Å². The van der Waals surface area contributed by atoms with E-state index in [1.54, 1.807) is 13.1 Å². The SMILES string of the molecule is CCCNC(C)C(=O)Nc1ccccc1C.CNC[C@H](O)c1ccc(O)c(O)c1.Cl.O=C(O)[C@H](O)[C@@H](O)C(=O)O. The van der Waals surface area contributed by atoms with Crippen molar-refractivity contribution in [1.29, 1.82) is 0 Å². The van der Waals surface area contributed by atoms with Crippen LogP contribution in [0.4, 0.5) is 5.69 Å². The lowest BCUT2D eigenvalue weighted by Crippen LogP contribution is -2.39. The number of hydrogen-bond donors (Lipinski definition) is 10. The van der Waals surface area contributed by atoms with Crippen molar-refractivity contribution >= 4 is 35.9 Å². The van der Waals surface area contributed by atoms with E-state index in [4.69, 9.17) is 30.6 Å². The zero-order chi connectivity index (χ0) is 30.1. The Labute approximate surface area is 238 Å². The molecule has 0 bridgehead atoms. The number of aryl methyl sites for hydroxylation is 1. The maximum Gasteiger partial charge on any atom is 0.335 e. The van der Waals surface area contributed by atoms with Crippen molar-refractivity contribution < 1.29 is 50.1 Å². The first-order valence-corrected chi connectivity index (χ1v) is 12.0. The molecule has 0 spiro atoms. The second-order valence-corrected chi connectivity index (χ2v) is 8.37. The van der Waals surface area contributed by atoms with E-state index in [-0.39, 0.29) is 35.9 Å². The highest BCUT2D eigenvalue weighted by Gasteiger charge is 2.29. The molecule has 0 saturated carbocycles. The molecular formula is C26H40ClN3O10. The zero-order valence-corrected chi connectivity index (χ0v) is 23.6. The lowest BCUT2D eigenvalue weighted by molar-refractivity contribution is -0.165. The maximum absolute atomic E-state index is 11.8. The molecule has 10 N–H and O–H groups in total. The van der Waals surface area contributed by atoms with Crippen molar-refractivity contribution in [2.75, 3.05) is 25.5 Å². The number of carboxylic acid groups (broad SMARTS) is 2. The Bertz CT molecular complexity index is 1040. The van der Waals surface area contributed by atoms with Gasteiger partial charge < -0.3 is 51.7 Å². The molecule has 0 aliphatic heterocycles. The van der Waals surface area contributed by atoms with E-state index in [0.717, 1.165) is 24.2 Å². The van der Waals surface area contributed by atoms with E-state index in [2.05, 4.69) is 22.9 Å². The molecule has 0 aliphatic rings. The summed E-state index contributed by atoms with van der Waals surface area (Å²) in [7, 11) is 1.73. The van der Waals surface area contributed by atoms with Gasteiger partial charge in [-0.1, -0.05) is 31.2 Å². The van der Waals surface area contributed by atoms with Gasteiger partial charge in [0.15, 0.2) is 23.7 Å². The topological polar surface area (TPSA) is 229 Å². The number of para-hydroxylation sites is 1. The number of anilines is 1. The number of phenolic OH excluding ortho intramolecular Hbond substituents is 2. The third-order valence-corrected chi connectivity index (χ3v) is 5.08. The fourth-order valence-electron chi connectivity index (χ4n) is 2.74. The molecule has 2 aromatic carbocycles. The lowest BCUT2D eigenvalue weighted by Gasteiger charge is -2.14. The van der Waals surface area contributed by atoms with Crippen molar-refractivity contribution in [1.82, 2.24) is 10.6 Å². The zero-order valence-electron chi connectivity index (χ0n) is 22.7. The molecule has 2 rings (SSSR count). The van der Waals surface area contributed by atoms with Crippen LogP contribution >= 0.6 is 12.4 Å². The number of carbonyl (C=O) groups excluding carboxylic acids is 1. The Hall–Kier alpha value is -3.46. The highest BCUT2D eigenvalue weighted by atomic mass is 35.5. The number of halogens is 1. The first kappa shape index (κ1) is 38.7. The molecule has 2 aromatic rings. The molecule has 13 nitrogen and oxygen atoms in total. The van der Waals surface area contributed by atoms with E-state index < -0.39 is 30.3 Å². The van der Waals surface area contributed by atoms with Crippen molar-refractivity contribution in [3.05, 3.63) is 53.6 Å². The highest BCUT2D eigenvalue weighted by Crippen LogP contribution is 2.27. The Morgan fingerprint density at radius 2 is 1.45 bits per heavy atom. The Morgan fingerprint density at radius 1 is 0.900 bits per heavy atom. The summed E-state index contributed by atoms with van der Waals surface area (Å²) in [6.07, 6.45) is -4.17. The summed E-state index contributed by atoms with van der Waals surface area (Å²) < 4.78 is 0. The van der Waals surface area contributed by atoms with Crippen LogP contribution in [0.2, 0.25) is 0 Å². The molecule has 1 amide bonds. The van der Waals surface area contributed by atoms with Gasteiger partial charge in [-0.25, -0.2) is 9.59 Å². The van der Waals surface area contributed by atoms with E-state index >= 15 is 0 Å². The largest absolute Gasteiger partial charge is 0.504 e. The first-order valence-electron chi connectivity index (χ1n) is 12.0. The fraction of sp³-hybridized carbons (Fsp3) is 0.423. The second kappa shape index (κ2) is 20.4. The summed E-state index contributed by atoms with van der Waals surface area (Å²) in [6.45, 7) is 7.22. The predicted molar refractivity (Wildman–Crippen MR) is 151 cm³/mol. The third kappa shape index (κ3) is 14.6. The minimum atomic E-state index is -2.27. The molecule has 0 aliphatic carbocycles. The van der Waals surface area contributed by atoms with Crippen molar-refractivity contribution in [3.63, 3.8) is 0 Å². The summed E-state index contributed by atoms with van der Waals surface area (Å²) in [5.74, 6) is -3.92. The van der Waals surface area contributed by atoms with E-state index in [1.165, 1.54) is 12.1 Å². The average molecular weight is 590 g/mol. The number of likely N-dealkylation sites (N-methyl/N-ethyl adjacent to an activating group) is 1. The predicted octanol–water partition coefficient (Wildman–Crippen LogP) is 0.971. The number of aliphatic carboxylic acids is 2. The van der Waals surface area contributed by atoms with E-state index in [1.807, 2.05) is 38.1 Å². The monoisotopic (exact) mass is 589 g/mol. The van der Waals surface area contributed by atoms with Gasteiger partial charge in [-0.05, 0) is 63.2 Å². The summed E-state index contributed by atoms with van der Waals surface area (Å²) in [4.78, 5) is 31.3. The van der Waals surface area contributed by atoms with Crippen LogP contribution in [0.15, 0.2) is 42.5 Å². The van der Waals surface area contributed by atoms with Gasteiger partial charge in [-0.15, -0.1) is 12.4 Å². The number of rotatable bonds is 11. The number of carbonyl (C=O) groups is 3. The number of nitrogens with one attached hydrogen (secondary N) is 3. The van der Waals surface area contributed by atoms with Crippen molar-refractivity contribution in [2.24, 2.45) is 0 Å². The van der Waals surface area contributed by atoms with Gasteiger partial charge in [0.1, 0.15) is 0 Å². The van der Waals surface area contributed by atoms with Crippen LogP contribution in [0.25, 0.3) is 0 Å². The number of aliphatic hydroxyl groups excluding tert-OH is 3. The van der Waals surface area contributed by atoms with Crippen LogP contribution in [-0.2, 0) is 14.4 Å². The quantitative estimate of drug-likeness (QED) is 0.165. The summed E-state index contributed by atoms with van der Waals surface area (Å²) in [6, 6.07) is 11.9. The summed E-state index contributed by atoms with van der Waals surface area (Å²) in [5, 5.41) is 69.0. The van der Waals surface area contributed by atoms with Crippen molar-refractivity contribution in [3.8, 4) is 11.5 Å². The molecule has 0 fully saturated rings. The van der Waals surface area contributed by atoms with Gasteiger partial charge in [-0.3, -0.25) is 4.79 Å². The summed E-state index contributed by atoms with van der Waals surface area (Å²) in [5.41, 5.74) is 2.54. The highest BCUT2D eigenvalue weighted by molar-refractivity contribution is 5.95. The number of hydrogen-bond acceptors (Lipinski definition) is 10. The van der Waals surface area contributed by atoms with E-state index in [9.17, 15) is 19.5 Å². The molecule has 0 heterocycles. The third-order valence-electron chi connectivity index (χ3n) is 5.08. The number of aromatic hydroxyl groups is 2. The number of benzene rings is 2. The molecule has 0 aromatic heterocycles. The molecule has 40 heavy (non-hydrogen) atoms. The average Bonchev–Trinajstić information content (AvgIpc) is 2.89. The number of aliphatic hydroxyl groups is 3. The Balaban J connectivity index is 0. The minimum Gasteiger partial charge on any atom is -0.504 e. The number of carboxylic acids is 2. The van der Waals surface area contributed by atoms with Gasteiger partial charge in [0.05, 0.1) is 12.1 Å². The van der Waals surface area contributed by atoms with Gasteiger partial charge in [-0.2, -0.15) is 0 Å².